The lowest BCUT2D eigenvalue weighted by Gasteiger charge is -2.00. The zero-order valence-electron chi connectivity index (χ0n) is 8.31. The van der Waals surface area contributed by atoms with Crippen molar-refractivity contribution in [2.45, 2.75) is 10.6 Å². The van der Waals surface area contributed by atoms with Gasteiger partial charge in [0, 0.05) is 21.6 Å². The molecule has 82 valence electrons. The molecule has 0 atom stereocenters. The van der Waals surface area contributed by atoms with E-state index in [-0.39, 0.29) is 5.56 Å². The van der Waals surface area contributed by atoms with Crippen LogP contribution in [0.5, 0.6) is 0 Å². The van der Waals surface area contributed by atoms with Crippen molar-refractivity contribution in [3.05, 3.63) is 57.2 Å². The molecule has 0 aliphatic carbocycles. The summed E-state index contributed by atoms with van der Waals surface area (Å²) in [6.45, 7) is 0. The van der Waals surface area contributed by atoms with Gasteiger partial charge in [0.05, 0.1) is 5.75 Å². The number of benzene rings is 1. The molecule has 0 bridgehead atoms. The molecule has 1 aromatic carbocycles. The van der Waals surface area contributed by atoms with Gasteiger partial charge in [-0.15, -0.1) is 11.8 Å². The number of H-pyrrole nitrogens is 1. The van der Waals surface area contributed by atoms with Gasteiger partial charge in [0.15, 0.2) is 0 Å². The van der Waals surface area contributed by atoms with Crippen LogP contribution in [0.25, 0.3) is 0 Å². The molecule has 1 aromatic heterocycles. The van der Waals surface area contributed by atoms with Gasteiger partial charge in [-0.1, -0.05) is 15.9 Å². The van der Waals surface area contributed by atoms with Gasteiger partial charge in [-0.25, -0.2) is 4.98 Å². The first-order valence-electron chi connectivity index (χ1n) is 4.66. The van der Waals surface area contributed by atoms with Crippen LogP contribution in [-0.2, 0) is 5.75 Å². The highest BCUT2D eigenvalue weighted by molar-refractivity contribution is 9.10. The maximum absolute atomic E-state index is 11.0. The van der Waals surface area contributed by atoms with E-state index in [0.717, 1.165) is 9.37 Å². The Balaban J connectivity index is 2.02. The van der Waals surface area contributed by atoms with Gasteiger partial charge in [0.2, 0.25) is 0 Å². The second-order valence-corrected chi connectivity index (χ2v) is 5.09. The van der Waals surface area contributed by atoms with Crippen molar-refractivity contribution < 1.29 is 0 Å². The third kappa shape index (κ3) is 3.21. The maximum Gasteiger partial charge on any atom is 0.250 e. The molecule has 0 saturated carbocycles. The Kier molecular flexibility index (Phi) is 3.79. The van der Waals surface area contributed by atoms with Crippen LogP contribution in [-0.4, -0.2) is 9.97 Å². The quantitative estimate of drug-likeness (QED) is 0.886. The summed E-state index contributed by atoms with van der Waals surface area (Å²) >= 11 is 5.02. The average molecular weight is 297 g/mol. The Morgan fingerprint density at radius 3 is 2.69 bits per heavy atom. The van der Waals surface area contributed by atoms with Gasteiger partial charge in [-0.3, -0.25) is 4.79 Å². The molecule has 0 aliphatic rings. The highest BCUT2D eigenvalue weighted by atomic mass is 79.9. The molecule has 5 heteroatoms. The lowest BCUT2D eigenvalue weighted by molar-refractivity contribution is 1.00. The largest absolute Gasteiger partial charge is 0.310 e. The maximum atomic E-state index is 11.0. The van der Waals surface area contributed by atoms with E-state index in [2.05, 4.69) is 25.9 Å². The first kappa shape index (κ1) is 11.4. The minimum Gasteiger partial charge on any atom is -0.310 e. The second kappa shape index (κ2) is 5.32. The molecule has 0 radical (unpaired) electrons. The van der Waals surface area contributed by atoms with Crippen molar-refractivity contribution in [1.29, 1.82) is 0 Å². The molecule has 0 saturated heterocycles. The lowest BCUT2D eigenvalue weighted by Crippen LogP contribution is -2.07. The molecule has 1 N–H and O–H groups in total. The highest BCUT2D eigenvalue weighted by Gasteiger charge is 1.98. The fraction of sp³-hybridized carbons (Fsp3) is 0.0909. The van der Waals surface area contributed by atoms with Crippen LogP contribution in [0.15, 0.2) is 50.7 Å². The predicted octanol–water partition coefficient (Wildman–Crippen LogP) is 2.82. The Bertz CT molecular complexity index is 524. The summed E-state index contributed by atoms with van der Waals surface area (Å²) < 4.78 is 1.06. The zero-order chi connectivity index (χ0) is 11.4. The molecule has 2 rings (SSSR count). The minimum absolute atomic E-state index is 0.110. The molecular formula is C11H9BrN2OS. The van der Waals surface area contributed by atoms with E-state index in [1.54, 1.807) is 11.8 Å². The van der Waals surface area contributed by atoms with Gasteiger partial charge < -0.3 is 4.98 Å². The smallest absolute Gasteiger partial charge is 0.250 e. The van der Waals surface area contributed by atoms with E-state index < -0.39 is 0 Å². The standard InChI is InChI=1S/C11H9BrN2OS/c12-8-1-3-9(4-2-8)16-7-10-13-6-5-11(15)14-10/h1-6H,7H2,(H,13,14,15). The number of rotatable bonds is 3. The van der Waals surface area contributed by atoms with E-state index in [1.165, 1.54) is 12.3 Å². The third-order valence-electron chi connectivity index (χ3n) is 1.91. The van der Waals surface area contributed by atoms with E-state index in [0.29, 0.717) is 11.6 Å². The van der Waals surface area contributed by atoms with Gasteiger partial charge in [0.1, 0.15) is 5.82 Å². The number of hydrogen-bond acceptors (Lipinski definition) is 3. The van der Waals surface area contributed by atoms with Crippen molar-refractivity contribution in [2.24, 2.45) is 0 Å². The third-order valence-corrected chi connectivity index (χ3v) is 3.46. The van der Waals surface area contributed by atoms with Crippen LogP contribution < -0.4 is 5.56 Å². The van der Waals surface area contributed by atoms with Crippen LogP contribution >= 0.6 is 27.7 Å². The number of hydrogen-bond donors (Lipinski definition) is 1. The van der Waals surface area contributed by atoms with Crippen LogP contribution in [0.4, 0.5) is 0 Å². The SMILES string of the molecule is O=c1ccnc(CSc2ccc(Br)cc2)[nH]1. The van der Waals surface area contributed by atoms with Crippen LogP contribution in [0.1, 0.15) is 5.82 Å². The lowest BCUT2D eigenvalue weighted by atomic mass is 10.4. The molecule has 0 fully saturated rings. The van der Waals surface area contributed by atoms with E-state index in [1.807, 2.05) is 24.3 Å². The number of nitrogens with one attached hydrogen (secondary N) is 1. The molecule has 16 heavy (non-hydrogen) atoms. The molecule has 2 aromatic rings. The average Bonchev–Trinajstić information content (AvgIpc) is 2.28. The Labute approximate surface area is 105 Å². The minimum atomic E-state index is -0.110. The first-order chi connectivity index (χ1) is 7.74. The molecule has 0 aliphatic heterocycles. The van der Waals surface area contributed by atoms with Gasteiger partial charge in [0.25, 0.3) is 5.56 Å². The number of aromatic nitrogens is 2. The molecule has 1 heterocycles. The zero-order valence-corrected chi connectivity index (χ0v) is 10.7. The fourth-order valence-corrected chi connectivity index (χ4v) is 2.21. The summed E-state index contributed by atoms with van der Waals surface area (Å²) in [6.07, 6.45) is 1.52. The molecule has 0 amide bonds. The summed E-state index contributed by atoms with van der Waals surface area (Å²) in [5, 5.41) is 0. The van der Waals surface area contributed by atoms with Gasteiger partial charge >= 0.3 is 0 Å². The van der Waals surface area contributed by atoms with Crippen LogP contribution in [0.2, 0.25) is 0 Å². The van der Waals surface area contributed by atoms with E-state index >= 15 is 0 Å². The summed E-state index contributed by atoms with van der Waals surface area (Å²) in [6, 6.07) is 9.44. The molecule has 3 nitrogen and oxygen atoms in total. The van der Waals surface area contributed by atoms with Crippen LogP contribution in [0.3, 0.4) is 0 Å². The number of nitrogens with zero attached hydrogens (tertiary/aromatic N) is 1. The van der Waals surface area contributed by atoms with Crippen molar-refractivity contribution in [3.63, 3.8) is 0 Å². The Hall–Kier alpha value is -1.07. The number of aromatic amines is 1. The van der Waals surface area contributed by atoms with Crippen molar-refractivity contribution in [3.8, 4) is 0 Å². The topological polar surface area (TPSA) is 45.8 Å². The number of thioether (sulfide) groups is 1. The fourth-order valence-electron chi connectivity index (χ4n) is 1.17. The Morgan fingerprint density at radius 1 is 1.25 bits per heavy atom. The van der Waals surface area contributed by atoms with E-state index in [9.17, 15) is 4.79 Å². The number of halogens is 1. The molecule has 0 unspecified atom stereocenters. The normalized spacial score (nSPS) is 10.3. The summed E-state index contributed by atoms with van der Waals surface area (Å²) in [4.78, 5) is 19.0. The van der Waals surface area contributed by atoms with Crippen molar-refractivity contribution >= 4 is 27.7 Å². The second-order valence-electron chi connectivity index (χ2n) is 3.12. The predicted molar refractivity (Wildman–Crippen MR) is 68.6 cm³/mol. The summed E-state index contributed by atoms with van der Waals surface area (Å²) in [7, 11) is 0. The van der Waals surface area contributed by atoms with E-state index in [4.69, 9.17) is 0 Å². The van der Waals surface area contributed by atoms with Crippen molar-refractivity contribution in [1.82, 2.24) is 9.97 Å². The summed E-state index contributed by atoms with van der Waals surface area (Å²) in [5.74, 6) is 1.36. The highest BCUT2D eigenvalue weighted by Crippen LogP contribution is 2.22. The molecular weight excluding hydrogens is 288 g/mol. The van der Waals surface area contributed by atoms with Crippen molar-refractivity contribution in [2.75, 3.05) is 0 Å². The van der Waals surface area contributed by atoms with Gasteiger partial charge in [-0.2, -0.15) is 0 Å². The Morgan fingerprint density at radius 2 is 2.00 bits per heavy atom. The van der Waals surface area contributed by atoms with Gasteiger partial charge in [-0.05, 0) is 24.3 Å². The monoisotopic (exact) mass is 296 g/mol. The summed E-state index contributed by atoms with van der Waals surface area (Å²) in [5.41, 5.74) is -0.110. The first-order valence-corrected chi connectivity index (χ1v) is 6.44. The molecule has 0 spiro atoms. The van der Waals surface area contributed by atoms with Crippen LogP contribution in [0, 0.1) is 0 Å².